The van der Waals surface area contributed by atoms with E-state index >= 15 is 0 Å². The van der Waals surface area contributed by atoms with E-state index < -0.39 is 0 Å². The maximum Gasteiger partial charge on any atom is 0.250 e. The summed E-state index contributed by atoms with van der Waals surface area (Å²) >= 11 is 1.59. The first-order valence-corrected chi connectivity index (χ1v) is 14.3. The lowest BCUT2D eigenvalue weighted by Crippen LogP contribution is -2.24. The highest BCUT2D eigenvalue weighted by Gasteiger charge is 2.22. The van der Waals surface area contributed by atoms with Gasteiger partial charge >= 0.3 is 0 Å². The molecule has 2 aromatic carbocycles. The molecule has 0 unspecified atom stereocenters. The number of aryl methyl sites for hydroxylation is 1. The largest absolute Gasteiger partial charge is 0.457 e. The lowest BCUT2D eigenvalue weighted by molar-refractivity contribution is -0.128. The standard InChI is InChI=1S/C31H29N5O4S/c1-19(2)30-33-34-31(41-30)20-8-11-24(12-9-20)40-26-15-21(6-7-23(26)17-36-14-4-5-28(36)38)29-32-25(18-39-29)22-10-13-27(37)35(3)16-22/h6-13,15-16,18-19H,4-5,14,17H2,1-3H3. The highest BCUT2D eigenvalue weighted by molar-refractivity contribution is 7.14. The van der Waals surface area contributed by atoms with E-state index in [0.29, 0.717) is 42.0 Å². The Morgan fingerprint density at radius 2 is 1.78 bits per heavy atom. The van der Waals surface area contributed by atoms with Crippen LogP contribution in [0.25, 0.3) is 33.3 Å². The lowest BCUT2D eigenvalue weighted by Gasteiger charge is -2.19. The first-order valence-electron chi connectivity index (χ1n) is 13.5. The van der Waals surface area contributed by atoms with Gasteiger partial charge in [-0.2, -0.15) is 0 Å². The van der Waals surface area contributed by atoms with Crippen LogP contribution in [0.3, 0.4) is 0 Å². The molecule has 1 aliphatic rings. The van der Waals surface area contributed by atoms with Gasteiger partial charge in [-0.05, 0) is 48.9 Å². The minimum absolute atomic E-state index is 0.0945. The number of hydrogen-bond acceptors (Lipinski definition) is 8. The maximum atomic E-state index is 12.4. The quantitative estimate of drug-likeness (QED) is 0.218. The summed E-state index contributed by atoms with van der Waals surface area (Å²) in [5.74, 6) is 2.19. The van der Waals surface area contributed by atoms with Crippen molar-refractivity contribution in [3.63, 3.8) is 0 Å². The number of benzene rings is 2. The Morgan fingerprint density at radius 3 is 2.49 bits per heavy atom. The van der Waals surface area contributed by atoms with Gasteiger partial charge in [-0.1, -0.05) is 31.3 Å². The number of rotatable bonds is 8. The predicted molar refractivity (Wildman–Crippen MR) is 157 cm³/mol. The zero-order valence-corrected chi connectivity index (χ0v) is 23.9. The third-order valence-corrected chi connectivity index (χ3v) is 8.27. The zero-order chi connectivity index (χ0) is 28.5. The molecule has 6 rings (SSSR count). The van der Waals surface area contributed by atoms with Crippen molar-refractivity contribution in [1.82, 2.24) is 24.6 Å². The number of carbonyl (C=O) groups is 1. The van der Waals surface area contributed by atoms with E-state index in [0.717, 1.165) is 45.2 Å². The molecule has 5 aromatic rings. The fourth-order valence-electron chi connectivity index (χ4n) is 4.65. The summed E-state index contributed by atoms with van der Waals surface area (Å²) in [6, 6.07) is 16.8. The Labute approximate surface area is 241 Å². The fourth-order valence-corrected chi connectivity index (χ4v) is 5.50. The van der Waals surface area contributed by atoms with E-state index in [2.05, 4.69) is 29.0 Å². The van der Waals surface area contributed by atoms with Gasteiger partial charge in [-0.3, -0.25) is 9.59 Å². The van der Waals surface area contributed by atoms with E-state index in [1.165, 1.54) is 10.6 Å². The summed E-state index contributed by atoms with van der Waals surface area (Å²) in [7, 11) is 1.70. The molecule has 1 aliphatic heterocycles. The predicted octanol–water partition coefficient (Wildman–Crippen LogP) is 6.26. The first-order chi connectivity index (χ1) is 19.8. The van der Waals surface area contributed by atoms with E-state index in [4.69, 9.17) is 9.15 Å². The van der Waals surface area contributed by atoms with Crippen LogP contribution >= 0.6 is 11.3 Å². The number of nitrogens with zero attached hydrogens (tertiary/aromatic N) is 5. The van der Waals surface area contributed by atoms with Crippen LogP contribution in [0.1, 0.15) is 43.2 Å². The second kappa shape index (κ2) is 11.1. The number of aromatic nitrogens is 4. The van der Waals surface area contributed by atoms with E-state index in [-0.39, 0.29) is 11.5 Å². The fraction of sp³-hybridized carbons (Fsp3) is 0.258. The van der Waals surface area contributed by atoms with Crippen LogP contribution in [0.2, 0.25) is 0 Å². The molecule has 1 amide bonds. The number of pyridine rings is 1. The minimum Gasteiger partial charge on any atom is -0.457 e. The summed E-state index contributed by atoms with van der Waals surface area (Å²) in [5.41, 5.74) is 3.91. The van der Waals surface area contributed by atoms with Crippen LogP contribution in [0.4, 0.5) is 0 Å². The molecule has 4 heterocycles. The lowest BCUT2D eigenvalue weighted by atomic mass is 10.1. The Balaban J connectivity index is 1.29. The van der Waals surface area contributed by atoms with Crippen LogP contribution in [-0.4, -0.2) is 37.1 Å². The van der Waals surface area contributed by atoms with Crippen molar-refractivity contribution in [2.24, 2.45) is 7.05 Å². The van der Waals surface area contributed by atoms with Crippen LogP contribution < -0.4 is 10.3 Å². The topological polar surface area (TPSA) is 103 Å². The van der Waals surface area contributed by atoms with E-state index in [1.807, 2.05) is 47.4 Å². The first kappa shape index (κ1) is 26.6. The molecule has 0 radical (unpaired) electrons. The Bertz CT molecular complexity index is 1770. The number of carbonyl (C=O) groups excluding carboxylic acids is 1. The normalized spacial score (nSPS) is 13.4. The molecule has 3 aromatic heterocycles. The van der Waals surface area contributed by atoms with Crippen molar-refractivity contribution in [2.75, 3.05) is 6.54 Å². The Kier molecular flexibility index (Phi) is 7.23. The molecule has 41 heavy (non-hydrogen) atoms. The van der Waals surface area contributed by atoms with E-state index in [1.54, 1.807) is 36.9 Å². The van der Waals surface area contributed by atoms with Crippen molar-refractivity contribution >= 4 is 17.2 Å². The molecule has 1 saturated heterocycles. The average molecular weight is 568 g/mol. The molecule has 0 atom stereocenters. The van der Waals surface area contributed by atoms with Gasteiger partial charge in [0.25, 0.3) is 0 Å². The third-order valence-electron chi connectivity index (χ3n) is 7.00. The Hall–Kier alpha value is -4.57. The van der Waals surface area contributed by atoms with Crippen LogP contribution in [0.15, 0.2) is 76.3 Å². The number of hydrogen-bond donors (Lipinski definition) is 0. The van der Waals surface area contributed by atoms with Crippen molar-refractivity contribution in [3.05, 3.63) is 88.0 Å². The highest BCUT2D eigenvalue weighted by atomic mass is 32.1. The molecule has 0 saturated carbocycles. The summed E-state index contributed by atoms with van der Waals surface area (Å²) in [4.78, 5) is 30.7. The molecule has 0 bridgehead atoms. The van der Waals surface area contributed by atoms with Crippen molar-refractivity contribution < 1.29 is 13.9 Å². The molecule has 0 aliphatic carbocycles. The second-order valence-electron chi connectivity index (χ2n) is 10.4. The number of oxazole rings is 1. The molecule has 0 spiro atoms. The monoisotopic (exact) mass is 567 g/mol. The second-order valence-corrected chi connectivity index (χ2v) is 11.4. The van der Waals surface area contributed by atoms with Crippen molar-refractivity contribution in [2.45, 2.75) is 39.2 Å². The van der Waals surface area contributed by atoms with Crippen LogP contribution in [0.5, 0.6) is 11.5 Å². The number of ether oxygens (including phenoxy) is 1. The number of amides is 1. The summed E-state index contributed by atoms with van der Waals surface area (Å²) in [6.45, 7) is 5.40. The van der Waals surface area contributed by atoms with Gasteiger partial charge in [0, 0.05) is 67.0 Å². The molecule has 1 fully saturated rings. The highest BCUT2D eigenvalue weighted by Crippen LogP contribution is 2.35. The molecule has 9 nitrogen and oxygen atoms in total. The van der Waals surface area contributed by atoms with Gasteiger partial charge in [0.2, 0.25) is 17.4 Å². The summed E-state index contributed by atoms with van der Waals surface area (Å²) in [6.07, 6.45) is 4.74. The van der Waals surface area contributed by atoms with Gasteiger partial charge in [-0.25, -0.2) is 4.98 Å². The molecule has 0 N–H and O–H groups in total. The molecule has 208 valence electrons. The minimum atomic E-state index is -0.0945. The molecule has 10 heteroatoms. The summed E-state index contributed by atoms with van der Waals surface area (Å²) in [5, 5.41) is 10.5. The SMILES string of the molecule is CC(C)c1nnc(-c2ccc(Oc3cc(-c4nc(-c5ccc(=O)n(C)c5)co4)ccc3CN3CCCC3=O)cc2)s1. The van der Waals surface area contributed by atoms with Gasteiger partial charge in [0.1, 0.15) is 33.5 Å². The Morgan fingerprint density at radius 1 is 1.00 bits per heavy atom. The smallest absolute Gasteiger partial charge is 0.250 e. The van der Waals surface area contributed by atoms with Gasteiger partial charge in [0.15, 0.2) is 0 Å². The average Bonchev–Trinajstić information content (AvgIpc) is 3.74. The third kappa shape index (κ3) is 5.69. The van der Waals surface area contributed by atoms with Crippen LogP contribution in [0, 0.1) is 0 Å². The molecular formula is C31H29N5O4S. The van der Waals surface area contributed by atoms with Gasteiger partial charge in [0.05, 0.1) is 0 Å². The molecular weight excluding hydrogens is 538 g/mol. The zero-order valence-electron chi connectivity index (χ0n) is 23.0. The van der Waals surface area contributed by atoms with Crippen molar-refractivity contribution in [1.29, 1.82) is 0 Å². The van der Waals surface area contributed by atoms with Gasteiger partial charge in [-0.15, -0.1) is 10.2 Å². The van der Waals surface area contributed by atoms with Crippen LogP contribution in [-0.2, 0) is 18.4 Å². The van der Waals surface area contributed by atoms with Gasteiger partial charge < -0.3 is 18.6 Å². The number of likely N-dealkylation sites (tertiary alicyclic amines) is 1. The van der Waals surface area contributed by atoms with E-state index in [9.17, 15) is 9.59 Å². The van der Waals surface area contributed by atoms with Crippen molar-refractivity contribution in [3.8, 4) is 44.8 Å². The maximum absolute atomic E-state index is 12.4. The summed E-state index contributed by atoms with van der Waals surface area (Å²) < 4.78 is 13.7.